The van der Waals surface area contributed by atoms with E-state index in [-0.39, 0.29) is 0 Å². The largest absolute Gasteiger partial charge is 0.468 e. The quantitative estimate of drug-likeness (QED) is 0.832. The van der Waals surface area contributed by atoms with Crippen LogP contribution in [0, 0.1) is 5.92 Å². The Hall–Kier alpha value is -1.55. The highest BCUT2D eigenvalue weighted by Gasteiger charge is 2.06. The average molecular weight is 233 g/mol. The van der Waals surface area contributed by atoms with E-state index in [0.717, 1.165) is 25.4 Å². The molecule has 2 rings (SSSR count). The Labute approximate surface area is 102 Å². The predicted octanol–water partition coefficient (Wildman–Crippen LogP) is 2.27. The van der Waals surface area contributed by atoms with Gasteiger partial charge >= 0.3 is 0 Å². The van der Waals surface area contributed by atoms with Gasteiger partial charge < -0.3 is 14.3 Å². The van der Waals surface area contributed by atoms with Crippen LogP contribution >= 0.6 is 0 Å². The van der Waals surface area contributed by atoms with Crippen LogP contribution in [0.1, 0.15) is 25.2 Å². The van der Waals surface area contributed by atoms with Crippen LogP contribution in [0.25, 0.3) is 0 Å². The molecule has 92 valence electrons. The fourth-order valence-electron chi connectivity index (χ4n) is 1.71. The summed E-state index contributed by atoms with van der Waals surface area (Å²) in [6.45, 7) is 7.00. The number of nitrogens with one attached hydrogen (secondary N) is 1. The third-order valence-corrected chi connectivity index (χ3v) is 2.59. The van der Waals surface area contributed by atoms with Gasteiger partial charge in [-0.2, -0.15) is 0 Å². The van der Waals surface area contributed by atoms with Gasteiger partial charge in [0, 0.05) is 18.0 Å². The highest BCUT2D eigenvalue weighted by atomic mass is 16.3. The fraction of sp³-hybridized carbons (Fsp3) is 0.462. The molecule has 0 atom stereocenters. The molecule has 0 radical (unpaired) electrons. The SMILES string of the molecule is CC(C)CNCc1occc1Cn1ccnc1. The molecule has 0 aliphatic heterocycles. The Bertz CT molecular complexity index is 431. The Morgan fingerprint density at radius 1 is 1.47 bits per heavy atom. The second-order valence-electron chi connectivity index (χ2n) is 4.63. The van der Waals surface area contributed by atoms with Gasteiger partial charge in [0.15, 0.2) is 0 Å². The molecule has 17 heavy (non-hydrogen) atoms. The van der Waals surface area contributed by atoms with Crippen molar-refractivity contribution >= 4 is 0 Å². The van der Waals surface area contributed by atoms with Gasteiger partial charge in [0.25, 0.3) is 0 Å². The molecule has 1 N–H and O–H groups in total. The number of hydrogen-bond donors (Lipinski definition) is 1. The lowest BCUT2D eigenvalue weighted by molar-refractivity contribution is 0.459. The van der Waals surface area contributed by atoms with Crippen molar-refractivity contribution < 1.29 is 4.42 Å². The second kappa shape index (κ2) is 5.68. The van der Waals surface area contributed by atoms with Crippen molar-refractivity contribution in [2.24, 2.45) is 5.92 Å². The first-order valence-corrected chi connectivity index (χ1v) is 5.97. The minimum Gasteiger partial charge on any atom is -0.468 e. The van der Waals surface area contributed by atoms with Gasteiger partial charge in [-0.3, -0.25) is 0 Å². The Kier molecular flexibility index (Phi) is 3.98. The summed E-state index contributed by atoms with van der Waals surface area (Å²) in [5, 5.41) is 3.39. The topological polar surface area (TPSA) is 43.0 Å². The lowest BCUT2D eigenvalue weighted by Crippen LogP contribution is -2.19. The average Bonchev–Trinajstić information content (AvgIpc) is 2.91. The van der Waals surface area contributed by atoms with E-state index in [0.29, 0.717) is 5.92 Å². The summed E-state index contributed by atoms with van der Waals surface area (Å²) in [6, 6.07) is 2.02. The zero-order chi connectivity index (χ0) is 12.1. The molecule has 0 saturated heterocycles. The predicted molar refractivity (Wildman–Crippen MR) is 66.6 cm³/mol. The van der Waals surface area contributed by atoms with E-state index in [1.54, 1.807) is 12.5 Å². The van der Waals surface area contributed by atoms with Gasteiger partial charge in [-0.15, -0.1) is 0 Å². The van der Waals surface area contributed by atoms with Crippen molar-refractivity contribution in [3.63, 3.8) is 0 Å². The zero-order valence-corrected chi connectivity index (χ0v) is 10.4. The maximum absolute atomic E-state index is 5.50. The van der Waals surface area contributed by atoms with Gasteiger partial charge in [0.2, 0.25) is 0 Å². The zero-order valence-electron chi connectivity index (χ0n) is 10.4. The molecule has 0 bridgehead atoms. The fourth-order valence-corrected chi connectivity index (χ4v) is 1.71. The number of hydrogen-bond acceptors (Lipinski definition) is 3. The number of imidazole rings is 1. The van der Waals surface area contributed by atoms with Crippen molar-refractivity contribution in [2.75, 3.05) is 6.54 Å². The van der Waals surface area contributed by atoms with E-state index in [4.69, 9.17) is 4.42 Å². The van der Waals surface area contributed by atoms with Gasteiger partial charge in [-0.1, -0.05) is 13.8 Å². The van der Waals surface area contributed by atoms with Gasteiger partial charge in [0.1, 0.15) is 5.76 Å². The summed E-state index contributed by atoms with van der Waals surface area (Å²) < 4.78 is 7.54. The normalized spacial score (nSPS) is 11.2. The first-order chi connectivity index (χ1) is 8.25. The van der Waals surface area contributed by atoms with Crippen molar-refractivity contribution in [3.8, 4) is 0 Å². The number of nitrogens with zero attached hydrogens (tertiary/aromatic N) is 2. The summed E-state index contributed by atoms with van der Waals surface area (Å²) in [7, 11) is 0. The van der Waals surface area contributed by atoms with Gasteiger partial charge in [0.05, 0.1) is 25.7 Å². The third kappa shape index (κ3) is 3.46. The number of aromatic nitrogens is 2. The first-order valence-electron chi connectivity index (χ1n) is 5.97. The molecule has 2 aromatic rings. The Morgan fingerprint density at radius 3 is 3.06 bits per heavy atom. The minimum atomic E-state index is 0.655. The molecular weight excluding hydrogens is 214 g/mol. The van der Waals surface area contributed by atoms with Crippen LogP contribution in [0.15, 0.2) is 35.5 Å². The van der Waals surface area contributed by atoms with Crippen LogP contribution in [0.5, 0.6) is 0 Å². The summed E-state index contributed by atoms with van der Waals surface area (Å²) in [5.41, 5.74) is 1.21. The molecule has 2 heterocycles. The molecule has 0 unspecified atom stereocenters. The molecule has 0 saturated carbocycles. The first kappa shape index (κ1) is 11.9. The van der Waals surface area contributed by atoms with E-state index >= 15 is 0 Å². The van der Waals surface area contributed by atoms with E-state index in [1.807, 2.05) is 23.2 Å². The van der Waals surface area contributed by atoms with Crippen LogP contribution in [-0.2, 0) is 13.1 Å². The molecule has 0 aliphatic carbocycles. The van der Waals surface area contributed by atoms with Crippen molar-refractivity contribution in [1.29, 1.82) is 0 Å². The highest BCUT2D eigenvalue weighted by molar-refractivity contribution is 5.17. The van der Waals surface area contributed by atoms with E-state index in [2.05, 4.69) is 24.1 Å². The Balaban J connectivity index is 1.92. The maximum Gasteiger partial charge on any atom is 0.122 e. The second-order valence-corrected chi connectivity index (χ2v) is 4.63. The van der Waals surface area contributed by atoms with Crippen LogP contribution in [0.3, 0.4) is 0 Å². The number of rotatable bonds is 6. The standard InChI is InChI=1S/C13H19N3O/c1-11(2)7-15-8-13-12(3-6-17-13)9-16-5-4-14-10-16/h3-6,10-11,15H,7-9H2,1-2H3. The molecule has 2 aromatic heterocycles. The van der Waals surface area contributed by atoms with Gasteiger partial charge in [-0.25, -0.2) is 4.98 Å². The molecule has 0 spiro atoms. The summed E-state index contributed by atoms with van der Waals surface area (Å²) in [6.07, 6.45) is 7.31. The molecule has 0 fully saturated rings. The van der Waals surface area contributed by atoms with Crippen LogP contribution < -0.4 is 5.32 Å². The molecular formula is C13H19N3O. The molecule has 4 heteroatoms. The lowest BCUT2D eigenvalue weighted by Gasteiger charge is -2.07. The molecule has 0 amide bonds. The van der Waals surface area contributed by atoms with Crippen molar-refractivity contribution in [3.05, 3.63) is 42.4 Å². The van der Waals surface area contributed by atoms with E-state index in [9.17, 15) is 0 Å². The van der Waals surface area contributed by atoms with E-state index in [1.165, 1.54) is 5.56 Å². The highest BCUT2D eigenvalue weighted by Crippen LogP contribution is 2.12. The Morgan fingerprint density at radius 2 is 2.35 bits per heavy atom. The summed E-state index contributed by atoms with van der Waals surface area (Å²) in [5.74, 6) is 1.67. The third-order valence-electron chi connectivity index (χ3n) is 2.59. The summed E-state index contributed by atoms with van der Waals surface area (Å²) >= 11 is 0. The van der Waals surface area contributed by atoms with Crippen molar-refractivity contribution in [2.45, 2.75) is 26.9 Å². The monoisotopic (exact) mass is 233 g/mol. The van der Waals surface area contributed by atoms with Crippen molar-refractivity contribution in [1.82, 2.24) is 14.9 Å². The minimum absolute atomic E-state index is 0.655. The molecule has 4 nitrogen and oxygen atoms in total. The van der Waals surface area contributed by atoms with Gasteiger partial charge in [-0.05, 0) is 18.5 Å². The summed E-state index contributed by atoms with van der Waals surface area (Å²) in [4.78, 5) is 4.03. The van der Waals surface area contributed by atoms with Crippen LogP contribution in [-0.4, -0.2) is 16.1 Å². The maximum atomic E-state index is 5.50. The van der Waals surface area contributed by atoms with Crippen LogP contribution in [0.2, 0.25) is 0 Å². The van der Waals surface area contributed by atoms with Crippen LogP contribution in [0.4, 0.5) is 0 Å². The van der Waals surface area contributed by atoms with E-state index < -0.39 is 0 Å². The molecule has 0 aliphatic rings. The number of furan rings is 1. The molecule has 0 aromatic carbocycles. The smallest absolute Gasteiger partial charge is 0.122 e. The lowest BCUT2D eigenvalue weighted by atomic mass is 10.2.